The van der Waals surface area contributed by atoms with Crippen LogP contribution in [0.1, 0.15) is 27.7 Å². The van der Waals surface area contributed by atoms with Gasteiger partial charge in [-0.05, 0) is 12.3 Å². The molecule has 0 aliphatic carbocycles. The molecule has 5 heteroatoms. The van der Waals surface area contributed by atoms with Crippen molar-refractivity contribution in [2.75, 3.05) is 0 Å². The maximum absolute atomic E-state index is 11.2. The molecular weight excluding hydrogens is 184 g/mol. The Morgan fingerprint density at radius 3 is 2.00 bits per heavy atom. The molecule has 0 spiro atoms. The van der Waals surface area contributed by atoms with Gasteiger partial charge in [0.25, 0.3) is 0 Å². The number of hydrogen-bond acceptors (Lipinski definition) is 3. The number of aliphatic carboxylic acids is 1. The minimum atomic E-state index is -1.05. The van der Waals surface area contributed by atoms with Gasteiger partial charge in [-0.15, -0.1) is 0 Å². The summed E-state index contributed by atoms with van der Waals surface area (Å²) in [5, 5.41) is 11.3. The fraction of sp³-hybridized carbons (Fsp3) is 0.778. The van der Waals surface area contributed by atoms with Crippen LogP contribution >= 0.6 is 0 Å². The second kappa shape index (κ2) is 4.41. The molecule has 0 rings (SSSR count). The van der Waals surface area contributed by atoms with Crippen LogP contribution in [0, 0.1) is 5.41 Å². The molecule has 1 amide bonds. The van der Waals surface area contributed by atoms with E-state index in [1.807, 2.05) is 0 Å². The Morgan fingerprint density at radius 1 is 1.36 bits per heavy atom. The van der Waals surface area contributed by atoms with Crippen LogP contribution in [0.25, 0.3) is 0 Å². The van der Waals surface area contributed by atoms with Gasteiger partial charge in [-0.1, -0.05) is 20.8 Å². The van der Waals surface area contributed by atoms with Crippen molar-refractivity contribution >= 4 is 11.9 Å². The summed E-state index contributed by atoms with van der Waals surface area (Å²) >= 11 is 0. The minimum Gasteiger partial charge on any atom is -0.480 e. The van der Waals surface area contributed by atoms with Crippen molar-refractivity contribution in [3.63, 3.8) is 0 Å². The fourth-order valence-corrected chi connectivity index (χ4v) is 0.922. The first-order valence-corrected chi connectivity index (χ1v) is 4.45. The van der Waals surface area contributed by atoms with E-state index in [-0.39, 0.29) is 0 Å². The summed E-state index contributed by atoms with van der Waals surface area (Å²) in [6, 6.07) is -1.61. The number of rotatable bonds is 3. The van der Waals surface area contributed by atoms with Crippen molar-refractivity contribution in [3.05, 3.63) is 0 Å². The number of nitrogens with one attached hydrogen (secondary N) is 1. The predicted molar refractivity (Wildman–Crippen MR) is 52.7 cm³/mol. The van der Waals surface area contributed by atoms with E-state index in [9.17, 15) is 9.59 Å². The van der Waals surface area contributed by atoms with Crippen molar-refractivity contribution < 1.29 is 14.7 Å². The van der Waals surface area contributed by atoms with Crippen molar-refractivity contribution in [3.8, 4) is 0 Å². The van der Waals surface area contributed by atoms with E-state index in [1.165, 1.54) is 6.92 Å². The van der Waals surface area contributed by atoms with Crippen molar-refractivity contribution in [1.82, 2.24) is 5.32 Å². The normalized spacial score (nSPS) is 15.8. The van der Waals surface area contributed by atoms with E-state index in [4.69, 9.17) is 10.8 Å². The van der Waals surface area contributed by atoms with Gasteiger partial charge in [0.1, 0.15) is 6.04 Å². The largest absolute Gasteiger partial charge is 0.480 e. The molecule has 14 heavy (non-hydrogen) atoms. The quantitative estimate of drug-likeness (QED) is 0.598. The summed E-state index contributed by atoms with van der Waals surface area (Å²) in [4.78, 5) is 22.1. The average Bonchev–Trinajstić information content (AvgIpc) is 1.96. The van der Waals surface area contributed by atoms with Gasteiger partial charge in [0, 0.05) is 0 Å². The van der Waals surface area contributed by atoms with Gasteiger partial charge in [-0.2, -0.15) is 0 Å². The molecule has 0 heterocycles. The maximum Gasteiger partial charge on any atom is 0.326 e. The Morgan fingerprint density at radius 2 is 1.79 bits per heavy atom. The van der Waals surface area contributed by atoms with Crippen molar-refractivity contribution in [1.29, 1.82) is 0 Å². The van der Waals surface area contributed by atoms with E-state index >= 15 is 0 Å². The Balaban J connectivity index is 4.56. The molecule has 4 N–H and O–H groups in total. The molecular formula is C9H18N2O3. The lowest BCUT2D eigenvalue weighted by Crippen LogP contribution is -2.52. The van der Waals surface area contributed by atoms with Crippen LogP contribution in [0.15, 0.2) is 0 Å². The molecule has 1 unspecified atom stereocenters. The smallest absolute Gasteiger partial charge is 0.326 e. The zero-order valence-corrected chi connectivity index (χ0v) is 9.00. The third-order valence-corrected chi connectivity index (χ3v) is 1.81. The second-order valence-electron chi connectivity index (χ2n) is 4.43. The molecule has 0 radical (unpaired) electrons. The van der Waals surface area contributed by atoms with Crippen LogP contribution in [0.3, 0.4) is 0 Å². The summed E-state index contributed by atoms with van der Waals surface area (Å²) in [7, 11) is 0. The molecule has 0 aliphatic heterocycles. The minimum absolute atomic E-state index is 0.452. The maximum atomic E-state index is 11.2. The lowest BCUT2D eigenvalue weighted by atomic mass is 9.86. The van der Waals surface area contributed by atoms with Gasteiger partial charge in [0.05, 0.1) is 6.04 Å². The Kier molecular flexibility index (Phi) is 4.07. The molecule has 0 saturated carbocycles. The first-order chi connectivity index (χ1) is 6.16. The van der Waals surface area contributed by atoms with Crippen LogP contribution in [-0.2, 0) is 9.59 Å². The standard InChI is InChI=1S/C9H18N2O3/c1-5(10)7(12)11-6(8(13)14)9(2,3)4/h5-6H,10H2,1-4H3,(H,11,12)(H,13,14)/t5-,6?/m0/s1. The number of carbonyl (C=O) groups excluding carboxylic acids is 1. The second-order valence-corrected chi connectivity index (χ2v) is 4.43. The molecule has 5 nitrogen and oxygen atoms in total. The molecule has 0 aromatic rings. The van der Waals surface area contributed by atoms with Gasteiger partial charge in [-0.3, -0.25) is 4.79 Å². The Bertz CT molecular complexity index is 231. The third-order valence-electron chi connectivity index (χ3n) is 1.81. The topological polar surface area (TPSA) is 92.4 Å². The fourth-order valence-electron chi connectivity index (χ4n) is 0.922. The lowest BCUT2D eigenvalue weighted by Gasteiger charge is -2.28. The van der Waals surface area contributed by atoms with Crippen LogP contribution in [0.2, 0.25) is 0 Å². The SMILES string of the molecule is C[C@H](N)C(=O)NC(C(=O)O)C(C)(C)C. The number of amides is 1. The van der Waals surface area contributed by atoms with E-state index in [0.717, 1.165) is 0 Å². The summed E-state index contributed by atoms with van der Waals surface area (Å²) in [5.74, 6) is -1.50. The van der Waals surface area contributed by atoms with E-state index in [0.29, 0.717) is 0 Å². The van der Waals surface area contributed by atoms with E-state index in [1.54, 1.807) is 20.8 Å². The van der Waals surface area contributed by atoms with Crippen LogP contribution in [0.5, 0.6) is 0 Å². The van der Waals surface area contributed by atoms with E-state index in [2.05, 4.69) is 5.32 Å². The first-order valence-electron chi connectivity index (χ1n) is 4.45. The summed E-state index contributed by atoms with van der Waals surface area (Å²) in [5.41, 5.74) is 4.79. The van der Waals surface area contributed by atoms with Gasteiger partial charge in [-0.25, -0.2) is 4.79 Å². The van der Waals surface area contributed by atoms with Gasteiger partial charge < -0.3 is 16.2 Å². The number of hydrogen-bond donors (Lipinski definition) is 3. The van der Waals surface area contributed by atoms with E-state index < -0.39 is 29.4 Å². The number of nitrogens with two attached hydrogens (primary N) is 1. The zero-order valence-electron chi connectivity index (χ0n) is 9.00. The summed E-state index contributed by atoms with van der Waals surface area (Å²) in [6.07, 6.45) is 0. The highest BCUT2D eigenvalue weighted by molar-refractivity contribution is 5.86. The molecule has 0 aliphatic rings. The Hall–Kier alpha value is -1.10. The monoisotopic (exact) mass is 202 g/mol. The molecule has 0 bridgehead atoms. The number of carbonyl (C=O) groups is 2. The molecule has 0 fully saturated rings. The van der Waals surface area contributed by atoms with Crippen LogP contribution < -0.4 is 11.1 Å². The molecule has 82 valence electrons. The molecule has 0 saturated heterocycles. The van der Waals surface area contributed by atoms with Gasteiger partial charge in [0.15, 0.2) is 0 Å². The van der Waals surface area contributed by atoms with Gasteiger partial charge >= 0.3 is 5.97 Å². The van der Waals surface area contributed by atoms with Gasteiger partial charge in [0.2, 0.25) is 5.91 Å². The number of carboxylic acids is 1. The van der Waals surface area contributed by atoms with Crippen LogP contribution in [-0.4, -0.2) is 29.1 Å². The lowest BCUT2D eigenvalue weighted by molar-refractivity contribution is -0.145. The highest BCUT2D eigenvalue weighted by Gasteiger charge is 2.32. The first kappa shape index (κ1) is 12.9. The number of carboxylic acid groups (broad SMARTS) is 1. The summed E-state index contributed by atoms with van der Waals surface area (Å²) in [6.45, 7) is 6.74. The molecule has 2 atom stereocenters. The highest BCUT2D eigenvalue weighted by Crippen LogP contribution is 2.19. The third kappa shape index (κ3) is 3.74. The summed E-state index contributed by atoms with van der Waals surface area (Å²) < 4.78 is 0. The van der Waals surface area contributed by atoms with Crippen molar-refractivity contribution in [2.45, 2.75) is 39.8 Å². The van der Waals surface area contributed by atoms with Crippen LogP contribution in [0.4, 0.5) is 0 Å². The zero-order chi connectivity index (χ0) is 11.5. The highest BCUT2D eigenvalue weighted by atomic mass is 16.4. The van der Waals surface area contributed by atoms with Crippen molar-refractivity contribution in [2.24, 2.45) is 11.1 Å². The molecule has 0 aromatic heterocycles. The molecule has 0 aromatic carbocycles. The average molecular weight is 202 g/mol. The predicted octanol–water partition coefficient (Wildman–Crippen LogP) is -0.0509. The Labute approximate surface area is 83.7 Å².